The van der Waals surface area contributed by atoms with E-state index in [-0.39, 0.29) is 5.54 Å². The van der Waals surface area contributed by atoms with Gasteiger partial charge in [0.1, 0.15) is 0 Å². The second kappa shape index (κ2) is 5.22. The van der Waals surface area contributed by atoms with Crippen molar-refractivity contribution in [3.63, 3.8) is 0 Å². The van der Waals surface area contributed by atoms with Gasteiger partial charge in [-0.05, 0) is 57.2 Å². The smallest absolute Gasteiger partial charge is 0.0434 e. The van der Waals surface area contributed by atoms with Crippen molar-refractivity contribution in [1.82, 2.24) is 0 Å². The lowest BCUT2D eigenvalue weighted by molar-refractivity contribution is 0.259. The van der Waals surface area contributed by atoms with Crippen LogP contribution in [0.4, 0.5) is 5.69 Å². The molecule has 0 bridgehead atoms. The molecular weight excluding hydrogens is 290 g/mol. The average Bonchev–Trinajstić information content (AvgIpc) is 2.58. The van der Waals surface area contributed by atoms with E-state index in [0.717, 1.165) is 19.4 Å². The molecule has 18 heavy (non-hydrogen) atoms. The number of nitrogens with zero attached hydrogens (tertiary/aromatic N) is 1. The van der Waals surface area contributed by atoms with Crippen LogP contribution in [0.25, 0.3) is 0 Å². The van der Waals surface area contributed by atoms with Crippen molar-refractivity contribution < 1.29 is 5.11 Å². The van der Waals surface area contributed by atoms with Gasteiger partial charge >= 0.3 is 0 Å². The predicted molar refractivity (Wildman–Crippen MR) is 80.1 cm³/mol. The molecule has 0 aliphatic carbocycles. The van der Waals surface area contributed by atoms with Crippen LogP contribution in [0.15, 0.2) is 22.7 Å². The number of aliphatic hydroxyl groups is 1. The Morgan fingerprint density at radius 3 is 2.78 bits per heavy atom. The molecule has 1 unspecified atom stereocenters. The first-order valence-electron chi connectivity index (χ1n) is 6.58. The summed E-state index contributed by atoms with van der Waals surface area (Å²) >= 11 is 3.61. The van der Waals surface area contributed by atoms with E-state index in [1.54, 1.807) is 0 Å². The molecule has 1 N–H and O–H groups in total. The van der Waals surface area contributed by atoms with Crippen LogP contribution in [0.5, 0.6) is 0 Å². The molecule has 1 aromatic rings. The zero-order chi connectivity index (χ0) is 13.3. The summed E-state index contributed by atoms with van der Waals surface area (Å²) in [4.78, 5) is 2.47. The molecule has 1 aliphatic rings. The van der Waals surface area contributed by atoms with Crippen LogP contribution in [-0.2, 0) is 0 Å². The summed E-state index contributed by atoms with van der Waals surface area (Å²) in [5.41, 5.74) is 2.72. The molecule has 0 amide bonds. The van der Waals surface area contributed by atoms with Crippen LogP contribution in [0.3, 0.4) is 0 Å². The van der Waals surface area contributed by atoms with Crippen molar-refractivity contribution >= 4 is 21.6 Å². The fourth-order valence-corrected chi connectivity index (χ4v) is 3.33. The van der Waals surface area contributed by atoms with Crippen LogP contribution in [0.1, 0.15) is 32.3 Å². The van der Waals surface area contributed by atoms with E-state index < -0.39 is 0 Å². The topological polar surface area (TPSA) is 23.5 Å². The van der Waals surface area contributed by atoms with Gasteiger partial charge < -0.3 is 10.0 Å². The van der Waals surface area contributed by atoms with Gasteiger partial charge in [-0.15, -0.1) is 0 Å². The quantitative estimate of drug-likeness (QED) is 0.919. The van der Waals surface area contributed by atoms with E-state index >= 15 is 0 Å². The lowest BCUT2D eigenvalue weighted by Crippen LogP contribution is -2.38. The van der Waals surface area contributed by atoms with Gasteiger partial charge in [0, 0.05) is 28.9 Å². The Hall–Kier alpha value is -0.540. The highest BCUT2D eigenvalue weighted by molar-refractivity contribution is 9.10. The molecule has 0 spiro atoms. The highest BCUT2D eigenvalue weighted by atomic mass is 79.9. The highest BCUT2D eigenvalue weighted by Gasteiger charge is 2.37. The van der Waals surface area contributed by atoms with Crippen LogP contribution < -0.4 is 4.90 Å². The van der Waals surface area contributed by atoms with Gasteiger partial charge in [0.2, 0.25) is 0 Å². The number of anilines is 1. The summed E-state index contributed by atoms with van der Waals surface area (Å²) in [6, 6.07) is 6.57. The number of hydrogen-bond donors (Lipinski definition) is 1. The lowest BCUT2D eigenvalue weighted by atomic mass is 9.94. The first-order valence-corrected chi connectivity index (χ1v) is 7.38. The Labute approximate surface area is 118 Å². The van der Waals surface area contributed by atoms with E-state index in [1.807, 2.05) is 0 Å². The minimum absolute atomic E-state index is 0.175. The molecule has 1 fully saturated rings. The maximum Gasteiger partial charge on any atom is 0.0434 e. The van der Waals surface area contributed by atoms with Gasteiger partial charge in [-0.1, -0.05) is 22.0 Å². The molecule has 2 rings (SSSR count). The third kappa shape index (κ3) is 2.72. The van der Waals surface area contributed by atoms with Gasteiger partial charge in [-0.2, -0.15) is 0 Å². The van der Waals surface area contributed by atoms with Crippen molar-refractivity contribution in [1.29, 1.82) is 0 Å². The van der Waals surface area contributed by atoms with E-state index in [0.29, 0.717) is 12.5 Å². The van der Waals surface area contributed by atoms with Crippen molar-refractivity contribution in [2.45, 2.75) is 39.2 Å². The molecule has 1 saturated heterocycles. The summed E-state index contributed by atoms with van der Waals surface area (Å²) in [6.45, 7) is 8.03. The third-order valence-electron chi connectivity index (χ3n) is 3.96. The Bertz CT molecular complexity index is 431. The Balaban J connectivity index is 2.24. The summed E-state index contributed by atoms with van der Waals surface area (Å²) in [5, 5.41) is 9.11. The van der Waals surface area contributed by atoms with Crippen molar-refractivity contribution in [2.24, 2.45) is 5.92 Å². The molecule has 1 atom stereocenters. The van der Waals surface area contributed by atoms with Crippen LogP contribution in [-0.4, -0.2) is 23.8 Å². The van der Waals surface area contributed by atoms with Gasteiger partial charge in [0.05, 0.1) is 0 Å². The molecule has 1 heterocycles. The number of halogens is 1. The Morgan fingerprint density at radius 1 is 1.44 bits per heavy atom. The normalized spacial score (nSPS) is 22.5. The lowest BCUT2D eigenvalue weighted by Gasteiger charge is -2.34. The van der Waals surface area contributed by atoms with Gasteiger partial charge in [-0.25, -0.2) is 0 Å². The number of aliphatic hydroxyl groups excluding tert-OH is 1. The second-order valence-corrected chi connectivity index (χ2v) is 6.79. The van der Waals surface area contributed by atoms with Crippen molar-refractivity contribution in [3.05, 3.63) is 28.2 Å². The molecule has 1 aliphatic heterocycles. The van der Waals surface area contributed by atoms with E-state index in [2.05, 4.69) is 59.8 Å². The Kier molecular flexibility index (Phi) is 4.02. The molecule has 1 aromatic carbocycles. The number of benzene rings is 1. The monoisotopic (exact) mass is 311 g/mol. The molecule has 0 aromatic heterocycles. The fraction of sp³-hybridized carbons (Fsp3) is 0.600. The molecule has 2 nitrogen and oxygen atoms in total. The second-order valence-electron chi connectivity index (χ2n) is 5.94. The average molecular weight is 312 g/mol. The maximum absolute atomic E-state index is 9.11. The van der Waals surface area contributed by atoms with E-state index in [1.165, 1.54) is 15.7 Å². The van der Waals surface area contributed by atoms with Crippen LogP contribution in [0.2, 0.25) is 0 Å². The first kappa shape index (κ1) is 13.9. The van der Waals surface area contributed by atoms with Crippen LogP contribution >= 0.6 is 15.9 Å². The number of aryl methyl sites for hydroxylation is 1. The van der Waals surface area contributed by atoms with E-state index in [4.69, 9.17) is 5.11 Å². The molecule has 0 saturated carbocycles. The maximum atomic E-state index is 9.11. The van der Waals surface area contributed by atoms with Gasteiger partial charge in [0.25, 0.3) is 0 Å². The zero-order valence-electron chi connectivity index (χ0n) is 11.4. The molecule has 0 radical (unpaired) electrons. The van der Waals surface area contributed by atoms with Gasteiger partial charge in [0.15, 0.2) is 0 Å². The number of hydrogen-bond acceptors (Lipinski definition) is 2. The standard InChI is InChI=1S/C15H22BrNO/c1-11-4-5-13(8-14(11)16)17-10-12(6-7-18)9-15(17,2)3/h4-5,8,12,18H,6-7,9-10H2,1-3H3. The van der Waals surface area contributed by atoms with Crippen LogP contribution in [0, 0.1) is 12.8 Å². The summed E-state index contributed by atoms with van der Waals surface area (Å²) in [7, 11) is 0. The predicted octanol–water partition coefficient (Wildman–Crippen LogP) is 3.74. The largest absolute Gasteiger partial charge is 0.396 e. The first-order chi connectivity index (χ1) is 8.44. The SMILES string of the molecule is Cc1ccc(N2CC(CCO)CC2(C)C)cc1Br. The van der Waals surface area contributed by atoms with Gasteiger partial charge in [-0.3, -0.25) is 0 Å². The summed E-state index contributed by atoms with van der Waals surface area (Å²) in [5.74, 6) is 0.602. The zero-order valence-corrected chi connectivity index (χ0v) is 13.0. The third-order valence-corrected chi connectivity index (χ3v) is 4.82. The number of rotatable bonds is 3. The summed E-state index contributed by atoms with van der Waals surface area (Å²) < 4.78 is 1.17. The minimum Gasteiger partial charge on any atom is -0.396 e. The summed E-state index contributed by atoms with van der Waals surface area (Å²) in [6.07, 6.45) is 2.06. The van der Waals surface area contributed by atoms with Crippen molar-refractivity contribution in [2.75, 3.05) is 18.1 Å². The minimum atomic E-state index is 0.175. The highest BCUT2D eigenvalue weighted by Crippen LogP contribution is 2.39. The molecular formula is C15H22BrNO. The van der Waals surface area contributed by atoms with E-state index in [9.17, 15) is 0 Å². The molecule has 100 valence electrons. The fourth-order valence-electron chi connectivity index (χ4n) is 2.97. The molecule has 3 heteroatoms. The Morgan fingerprint density at radius 2 is 2.17 bits per heavy atom. The van der Waals surface area contributed by atoms with Crippen molar-refractivity contribution in [3.8, 4) is 0 Å².